The van der Waals surface area contributed by atoms with Gasteiger partial charge in [-0.15, -0.1) is 0 Å². The van der Waals surface area contributed by atoms with E-state index < -0.39 is 12.0 Å². The summed E-state index contributed by atoms with van der Waals surface area (Å²) in [5, 5.41) is 12.0. The number of hydrogen-bond donors (Lipinski definition) is 2. The van der Waals surface area contributed by atoms with Gasteiger partial charge >= 0.3 is 5.97 Å². The molecule has 4 nitrogen and oxygen atoms in total. The van der Waals surface area contributed by atoms with E-state index in [1.807, 2.05) is 6.07 Å². The molecule has 0 unspecified atom stereocenters. The van der Waals surface area contributed by atoms with Crippen LogP contribution in [0.15, 0.2) is 30.3 Å². The predicted molar refractivity (Wildman–Crippen MR) is 115 cm³/mol. The van der Waals surface area contributed by atoms with E-state index in [0.717, 1.165) is 19.3 Å². The molecule has 0 aromatic heterocycles. The van der Waals surface area contributed by atoms with Crippen molar-refractivity contribution in [2.75, 3.05) is 0 Å². The Balaban J connectivity index is 2.01. The highest BCUT2D eigenvalue weighted by Gasteiger charge is 2.21. The number of hydrogen-bond acceptors (Lipinski definition) is 2. The molecule has 158 valence electrons. The van der Waals surface area contributed by atoms with Gasteiger partial charge in [0.25, 0.3) is 0 Å². The summed E-state index contributed by atoms with van der Waals surface area (Å²) in [6.45, 7) is 2.25. The van der Waals surface area contributed by atoms with E-state index in [1.165, 1.54) is 64.2 Å². The summed E-state index contributed by atoms with van der Waals surface area (Å²) >= 11 is 0. The predicted octanol–water partition coefficient (Wildman–Crippen LogP) is 6.41. The second kappa shape index (κ2) is 16.1. The molecule has 0 aliphatic carbocycles. The summed E-state index contributed by atoms with van der Waals surface area (Å²) < 4.78 is 0. The molecule has 0 aliphatic rings. The molecular formula is C24H39NO3. The third-order valence-corrected chi connectivity index (χ3v) is 5.19. The number of amides is 1. The van der Waals surface area contributed by atoms with Crippen LogP contribution in [0.5, 0.6) is 0 Å². The van der Waals surface area contributed by atoms with Gasteiger partial charge in [-0.1, -0.05) is 114 Å². The molecule has 0 spiro atoms. The van der Waals surface area contributed by atoms with Gasteiger partial charge in [0, 0.05) is 6.42 Å². The van der Waals surface area contributed by atoms with Crippen LogP contribution in [0.1, 0.15) is 108 Å². The zero-order valence-electron chi connectivity index (χ0n) is 17.6. The maximum Gasteiger partial charge on any atom is 0.330 e. The van der Waals surface area contributed by atoms with Crippen LogP contribution in [0.3, 0.4) is 0 Å². The first kappa shape index (κ1) is 24.2. The smallest absolute Gasteiger partial charge is 0.330 e. The standard InChI is InChI=1S/C24H39NO3/c1-2-3-4-5-6-7-8-9-10-11-12-13-17-20-22(26)25-23(24(27)28)21-18-15-14-16-19-21/h14-16,18-19,23H,2-13,17,20H2,1H3,(H,25,26)(H,27,28)/t23-/m0/s1. The number of nitrogens with one attached hydrogen (secondary N) is 1. The van der Waals surface area contributed by atoms with E-state index in [9.17, 15) is 14.7 Å². The molecule has 0 heterocycles. The fourth-order valence-corrected chi connectivity index (χ4v) is 3.47. The molecule has 1 aromatic rings. The van der Waals surface area contributed by atoms with Crippen LogP contribution in [-0.4, -0.2) is 17.0 Å². The zero-order chi connectivity index (χ0) is 20.5. The number of benzene rings is 1. The van der Waals surface area contributed by atoms with Gasteiger partial charge in [-0.25, -0.2) is 4.79 Å². The minimum atomic E-state index is -1.02. The van der Waals surface area contributed by atoms with Crippen LogP contribution < -0.4 is 5.32 Å². The quantitative estimate of drug-likeness (QED) is 0.303. The van der Waals surface area contributed by atoms with E-state index in [-0.39, 0.29) is 5.91 Å². The molecule has 4 heteroatoms. The summed E-state index contributed by atoms with van der Waals surface area (Å²) in [5.41, 5.74) is 0.605. The number of carboxylic acids is 1. The lowest BCUT2D eigenvalue weighted by Crippen LogP contribution is -2.33. The minimum absolute atomic E-state index is 0.181. The van der Waals surface area contributed by atoms with Crippen molar-refractivity contribution in [3.8, 4) is 0 Å². The number of carbonyl (C=O) groups excluding carboxylic acids is 1. The molecule has 1 aromatic carbocycles. The summed E-state index contributed by atoms with van der Waals surface area (Å²) in [4.78, 5) is 23.5. The highest BCUT2D eigenvalue weighted by atomic mass is 16.4. The number of carbonyl (C=O) groups is 2. The summed E-state index contributed by atoms with van der Waals surface area (Å²) in [7, 11) is 0. The van der Waals surface area contributed by atoms with E-state index in [0.29, 0.717) is 12.0 Å². The first-order valence-corrected chi connectivity index (χ1v) is 11.2. The lowest BCUT2D eigenvalue weighted by Gasteiger charge is -2.14. The van der Waals surface area contributed by atoms with Crippen molar-refractivity contribution in [2.24, 2.45) is 0 Å². The molecule has 28 heavy (non-hydrogen) atoms. The van der Waals surface area contributed by atoms with Gasteiger partial charge in [0.15, 0.2) is 6.04 Å². The molecule has 0 aliphatic heterocycles. The molecule has 2 N–H and O–H groups in total. The molecule has 1 atom stereocenters. The lowest BCUT2D eigenvalue weighted by atomic mass is 10.0. The first-order chi connectivity index (χ1) is 13.6. The Morgan fingerprint density at radius 1 is 0.786 bits per heavy atom. The Morgan fingerprint density at radius 3 is 1.71 bits per heavy atom. The van der Waals surface area contributed by atoms with Gasteiger partial charge in [0.1, 0.15) is 0 Å². The number of rotatable bonds is 17. The van der Waals surface area contributed by atoms with Crippen molar-refractivity contribution >= 4 is 11.9 Å². The first-order valence-electron chi connectivity index (χ1n) is 11.2. The van der Waals surface area contributed by atoms with Crippen molar-refractivity contribution in [1.82, 2.24) is 5.32 Å². The molecule has 0 saturated carbocycles. The molecule has 0 fully saturated rings. The molecule has 0 saturated heterocycles. The van der Waals surface area contributed by atoms with Gasteiger partial charge < -0.3 is 10.4 Å². The van der Waals surface area contributed by atoms with Gasteiger partial charge in [0.2, 0.25) is 5.91 Å². The van der Waals surface area contributed by atoms with Gasteiger partial charge in [-0.2, -0.15) is 0 Å². The fraction of sp³-hybridized carbons (Fsp3) is 0.667. The Kier molecular flexibility index (Phi) is 14.0. The number of carboxylic acid groups (broad SMARTS) is 1. The molecule has 0 radical (unpaired) electrons. The van der Waals surface area contributed by atoms with Crippen molar-refractivity contribution in [1.29, 1.82) is 0 Å². The van der Waals surface area contributed by atoms with E-state index in [1.54, 1.807) is 24.3 Å². The Hall–Kier alpha value is -1.84. The topological polar surface area (TPSA) is 66.4 Å². The highest BCUT2D eigenvalue weighted by molar-refractivity contribution is 5.84. The van der Waals surface area contributed by atoms with Gasteiger partial charge in [0.05, 0.1) is 0 Å². The van der Waals surface area contributed by atoms with Crippen molar-refractivity contribution in [3.63, 3.8) is 0 Å². The van der Waals surface area contributed by atoms with Crippen molar-refractivity contribution in [3.05, 3.63) is 35.9 Å². The van der Waals surface area contributed by atoms with Crippen LogP contribution in [-0.2, 0) is 9.59 Å². The Labute approximate surface area is 171 Å². The summed E-state index contributed by atoms with van der Waals surface area (Å²) in [5.74, 6) is -1.20. The zero-order valence-corrected chi connectivity index (χ0v) is 17.6. The third kappa shape index (κ3) is 11.8. The van der Waals surface area contributed by atoms with Crippen LogP contribution in [0.2, 0.25) is 0 Å². The molecular weight excluding hydrogens is 350 g/mol. The second-order valence-electron chi connectivity index (χ2n) is 7.74. The number of aliphatic carboxylic acids is 1. The average Bonchev–Trinajstić information content (AvgIpc) is 2.70. The summed E-state index contributed by atoms with van der Waals surface area (Å²) in [6.07, 6.45) is 16.8. The highest BCUT2D eigenvalue weighted by Crippen LogP contribution is 2.15. The molecule has 1 rings (SSSR count). The number of unbranched alkanes of at least 4 members (excludes halogenated alkanes) is 12. The maximum absolute atomic E-state index is 12.1. The minimum Gasteiger partial charge on any atom is -0.479 e. The Morgan fingerprint density at radius 2 is 1.25 bits per heavy atom. The monoisotopic (exact) mass is 389 g/mol. The largest absolute Gasteiger partial charge is 0.479 e. The van der Waals surface area contributed by atoms with Crippen LogP contribution in [0, 0.1) is 0 Å². The normalized spacial score (nSPS) is 11.9. The molecule has 1 amide bonds. The summed E-state index contributed by atoms with van der Waals surface area (Å²) in [6, 6.07) is 7.89. The Bertz CT molecular complexity index is 530. The van der Waals surface area contributed by atoms with Gasteiger partial charge in [-0.05, 0) is 12.0 Å². The third-order valence-electron chi connectivity index (χ3n) is 5.19. The van der Waals surface area contributed by atoms with Crippen LogP contribution in [0.4, 0.5) is 0 Å². The van der Waals surface area contributed by atoms with E-state index >= 15 is 0 Å². The average molecular weight is 390 g/mol. The van der Waals surface area contributed by atoms with E-state index in [2.05, 4.69) is 12.2 Å². The second-order valence-corrected chi connectivity index (χ2v) is 7.74. The SMILES string of the molecule is CCCCCCCCCCCCCCCC(=O)N[C@H](C(=O)O)c1ccccc1. The van der Waals surface area contributed by atoms with Crippen molar-refractivity contribution < 1.29 is 14.7 Å². The van der Waals surface area contributed by atoms with Crippen LogP contribution >= 0.6 is 0 Å². The maximum atomic E-state index is 12.1. The fourth-order valence-electron chi connectivity index (χ4n) is 3.47. The van der Waals surface area contributed by atoms with E-state index in [4.69, 9.17) is 0 Å². The lowest BCUT2D eigenvalue weighted by molar-refractivity contribution is -0.142. The molecule has 0 bridgehead atoms. The van der Waals surface area contributed by atoms with Crippen molar-refractivity contribution in [2.45, 2.75) is 103 Å². The van der Waals surface area contributed by atoms with Gasteiger partial charge in [-0.3, -0.25) is 4.79 Å². The van der Waals surface area contributed by atoms with Crippen LogP contribution in [0.25, 0.3) is 0 Å².